The molecule has 0 aromatic heterocycles. The van der Waals surface area contributed by atoms with Gasteiger partial charge >= 0.3 is 0 Å². The van der Waals surface area contributed by atoms with Gasteiger partial charge in [-0.2, -0.15) is 0 Å². The van der Waals surface area contributed by atoms with Crippen LogP contribution in [0.1, 0.15) is 42.2 Å². The van der Waals surface area contributed by atoms with Crippen molar-refractivity contribution in [2.24, 2.45) is 0 Å². The van der Waals surface area contributed by atoms with Gasteiger partial charge in [0.05, 0.1) is 11.0 Å². The zero-order valence-corrected chi connectivity index (χ0v) is 13.5. The predicted octanol–water partition coefficient (Wildman–Crippen LogP) is 3.63. The first-order valence-electron chi connectivity index (χ1n) is 7.69. The molecule has 0 aliphatic carbocycles. The van der Waals surface area contributed by atoms with Crippen LogP contribution in [0, 0.1) is 10.1 Å². The average Bonchev–Trinajstić information content (AvgIpc) is 2.54. The van der Waals surface area contributed by atoms with Crippen LogP contribution in [0.5, 0.6) is 5.75 Å². The fourth-order valence-electron chi connectivity index (χ4n) is 2.93. The van der Waals surface area contributed by atoms with Gasteiger partial charge in [-0.1, -0.05) is 24.3 Å². The second kappa shape index (κ2) is 5.96. The number of ether oxygens (including phenoxy) is 1. The highest BCUT2D eigenvalue weighted by atomic mass is 16.6. The molecule has 1 amide bonds. The quantitative estimate of drug-likeness (QED) is 0.690. The summed E-state index contributed by atoms with van der Waals surface area (Å²) in [5, 5.41) is 13.8. The molecule has 6 nitrogen and oxygen atoms in total. The van der Waals surface area contributed by atoms with E-state index in [0.29, 0.717) is 6.42 Å². The zero-order chi connectivity index (χ0) is 17.3. The lowest BCUT2D eigenvalue weighted by molar-refractivity contribution is -0.384. The number of non-ortho nitro benzene ring substituents is 1. The minimum atomic E-state index is -0.510. The molecular formula is C18H18N2O4. The van der Waals surface area contributed by atoms with Gasteiger partial charge in [0.2, 0.25) is 0 Å². The van der Waals surface area contributed by atoms with Gasteiger partial charge in [-0.15, -0.1) is 0 Å². The molecule has 1 heterocycles. The van der Waals surface area contributed by atoms with Crippen molar-refractivity contribution in [3.8, 4) is 5.75 Å². The summed E-state index contributed by atoms with van der Waals surface area (Å²) in [7, 11) is 0. The van der Waals surface area contributed by atoms with Gasteiger partial charge < -0.3 is 10.1 Å². The molecule has 1 aliphatic rings. The van der Waals surface area contributed by atoms with Crippen molar-refractivity contribution in [1.29, 1.82) is 0 Å². The molecule has 1 atom stereocenters. The van der Waals surface area contributed by atoms with Crippen molar-refractivity contribution in [2.75, 3.05) is 0 Å². The Morgan fingerprint density at radius 1 is 1.25 bits per heavy atom. The highest BCUT2D eigenvalue weighted by Crippen LogP contribution is 2.39. The summed E-state index contributed by atoms with van der Waals surface area (Å²) in [6.45, 7) is 3.94. The molecule has 1 N–H and O–H groups in total. The number of carbonyl (C=O) groups is 1. The Labute approximate surface area is 139 Å². The van der Waals surface area contributed by atoms with Gasteiger partial charge in [0.25, 0.3) is 11.6 Å². The summed E-state index contributed by atoms with van der Waals surface area (Å²) < 4.78 is 5.95. The molecule has 0 saturated carbocycles. The van der Waals surface area contributed by atoms with E-state index in [2.05, 4.69) is 5.32 Å². The Kier molecular flexibility index (Phi) is 3.97. The van der Waals surface area contributed by atoms with Crippen LogP contribution in [-0.4, -0.2) is 16.4 Å². The van der Waals surface area contributed by atoms with E-state index in [4.69, 9.17) is 4.74 Å². The summed E-state index contributed by atoms with van der Waals surface area (Å²) in [6.07, 6.45) is 0.616. The van der Waals surface area contributed by atoms with E-state index in [0.717, 1.165) is 11.3 Å². The van der Waals surface area contributed by atoms with Gasteiger partial charge in [0.15, 0.2) is 0 Å². The number of benzene rings is 2. The number of fused-ring (bicyclic) bond motifs is 1. The summed E-state index contributed by atoms with van der Waals surface area (Å²) in [5.74, 6) is 0.411. The van der Waals surface area contributed by atoms with E-state index < -0.39 is 10.5 Å². The Morgan fingerprint density at radius 3 is 2.75 bits per heavy atom. The molecule has 2 aromatic rings. The first-order valence-corrected chi connectivity index (χ1v) is 7.69. The molecule has 124 valence electrons. The van der Waals surface area contributed by atoms with Crippen molar-refractivity contribution in [2.45, 2.75) is 31.9 Å². The second-order valence-corrected chi connectivity index (χ2v) is 6.44. The Bertz CT molecular complexity index is 801. The number of nitro groups is 1. The number of amides is 1. The van der Waals surface area contributed by atoms with Crippen molar-refractivity contribution < 1.29 is 14.5 Å². The Morgan fingerprint density at radius 2 is 2.00 bits per heavy atom. The third kappa shape index (κ3) is 3.22. The summed E-state index contributed by atoms with van der Waals surface area (Å²) in [4.78, 5) is 22.9. The van der Waals surface area contributed by atoms with Gasteiger partial charge in [-0.25, -0.2) is 0 Å². The molecule has 0 radical (unpaired) electrons. The first kappa shape index (κ1) is 16.0. The molecule has 3 rings (SSSR count). The van der Waals surface area contributed by atoms with Gasteiger partial charge in [0.1, 0.15) is 11.4 Å². The molecule has 0 fully saturated rings. The van der Waals surface area contributed by atoms with Gasteiger partial charge in [0, 0.05) is 29.7 Å². The SMILES string of the molecule is CC1(C)CC(NC(=O)c2cccc([N+](=O)[O-])c2)c2ccccc2O1. The Hall–Kier alpha value is -2.89. The summed E-state index contributed by atoms with van der Waals surface area (Å²) in [6, 6.07) is 13.1. The summed E-state index contributed by atoms with van der Waals surface area (Å²) >= 11 is 0. The van der Waals surface area contributed by atoms with E-state index in [1.165, 1.54) is 18.2 Å². The fourth-order valence-corrected chi connectivity index (χ4v) is 2.93. The minimum absolute atomic E-state index is 0.102. The van der Waals surface area contributed by atoms with Crippen LogP contribution in [0.3, 0.4) is 0 Å². The highest BCUT2D eigenvalue weighted by Gasteiger charge is 2.34. The number of nitrogens with one attached hydrogen (secondary N) is 1. The molecule has 0 spiro atoms. The smallest absolute Gasteiger partial charge is 0.270 e. The number of rotatable bonds is 3. The van der Waals surface area contributed by atoms with E-state index >= 15 is 0 Å². The monoisotopic (exact) mass is 326 g/mol. The van der Waals surface area contributed by atoms with E-state index in [1.807, 2.05) is 38.1 Å². The largest absolute Gasteiger partial charge is 0.487 e. The lowest BCUT2D eigenvalue weighted by Gasteiger charge is -2.37. The van der Waals surface area contributed by atoms with Crippen LogP contribution in [0.2, 0.25) is 0 Å². The van der Waals surface area contributed by atoms with Crippen molar-refractivity contribution in [3.05, 3.63) is 69.8 Å². The number of nitrogens with zero attached hydrogens (tertiary/aromatic N) is 1. The average molecular weight is 326 g/mol. The van der Waals surface area contributed by atoms with Crippen LogP contribution in [0.4, 0.5) is 5.69 Å². The minimum Gasteiger partial charge on any atom is -0.487 e. The summed E-state index contributed by atoms with van der Waals surface area (Å²) in [5.41, 5.74) is 0.673. The lowest BCUT2D eigenvalue weighted by atomic mass is 9.89. The van der Waals surface area contributed by atoms with Crippen LogP contribution in [0.15, 0.2) is 48.5 Å². The Balaban J connectivity index is 1.86. The number of hydrogen-bond acceptors (Lipinski definition) is 4. The zero-order valence-electron chi connectivity index (χ0n) is 13.5. The van der Waals surface area contributed by atoms with Crippen molar-refractivity contribution in [1.82, 2.24) is 5.32 Å². The fraction of sp³-hybridized carbons (Fsp3) is 0.278. The lowest BCUT2D eigenvalue weighted by Crippen LogP contribution is -2.41. The van der Waals surface area contributed by atoms with Crippen molar-refractivity contribution >= 4 is 11.6 Å². The number of nitro benzene ring substituents is 1. The van der Waals surface area contributed by atoms with Gasteiger partial charge in [-0.05, 0) is 26.0 Å². The van der Waals surface area contributed by atoms with E-state index in [1.54, 1.807) is 6.07 Å². The number of hydrogen-bond donors (Lipinski definition) is 1. The molecule has 24 heavy (non-hydrogen) atoms. The molecule has 0 bridgehead atoms. The van der Waals surface area contributed by atoms with Crippen LogP contribution in [-0.2, 0) is 0 Å². The highest BCUT2D eigenvalue weighted by molar-refractivity contribution is 5.95. The third-order valence-corrected chi connectivity index (χ3v) is 4.00. The molecule has 2 aromatic carbocycles. The molecule has 1 aliphatic heterocycles. The first-order chi connectivity index (χ1) is 11.4. The van der Waals surface area contributed by atoms with Crippen LogP contribution in [0.25, 0.3) is 0 Å². The van der Waals surface area contributed by atoms with Crippen molar-refractivity contribution in [3.63, 3.8) is 0 Å². The maximum absolute atomic E-state index is 12.5. The molecule has 0 saturated heterocycles. The maximum atomic E-state index is 12.5. The van der Waals surface area contributed by atoms with Crippen LogP contribution >= 0.6 is 0 Å². The van der Waals surface area contributed by atoms with E-state index in [9.17, 15) is 14.9 Å². The molecular weight excluding hydrogens is 308 g/mol. The number of carbonyl (C=O) groups excluding carboxylic acids is 1. The maximum Gasteiger partial charge on any atom is 0.270 e. The van der Waals surface area contributed by atoms with Crippen LogP contribution < -0.4 is 10.1 Å². The predicted molar refractivity (Wildman–Crippen MR) is 89.1 cm³/mol. The van der Waals surface area contributed by atoms with Gasteiger partial charge in [-0.3, -0.25) is 14.9 Å². The normalized spacial score (nSPS) is 18.2. The third-order valence-electron chi connectivity index (χ3n) is 4.00. The number of para-hydroxylation sites is 1. The van der Waals surface area contributed by atoms with E-state index in [-0.39, 0.29) is 23.2 Å². The topological polar surface area (TPSA) is 81.5 Å². The molecule has 6 heteroatoms. The second-order valence-electron chi connectivity index (χ2n) is 6.44. The molecule has 1 unspecified atom stereocenters. The standard InChI is InChI=1S/C18H18N2O4/c1-18(2)11-15(14-8-3-4-9-16(14)24-18)19-17(21)12-6-5-7-13(10-12)20(22)23/h3-10,15H,11H2,1-2H3,(H,19,21).